The number of aliphatic carboxylic acids is 1. The van der Waals surface area contributed by atoms with E-state index < -0.39 is 5.97 Å². The second-order valence-corrected chi connectivity index (χ2v) is 6.71. The fraction of sp³-hybridized carbons (Fsp3) is 0.0500. The number of benzene rings is 2. The van der Waals surface area contributed by atoms with E-state index in [-0.39, 0.29) is 5.57 Å². The summed E-state index contributed by atoms with van der Waals surface area (Å²) in [7, 11) is 0. The first kappa shape index (κ1) is 17.3. The van der Waals surface area contributed by atoms with Gasteiger partial charge in [-0.1, -0.05) is 41.9 Å². The number of hydrogen-bond acceptors (Lipinski definition) is 3. The van der Waals surface area contributed by atoms with Crippen molar-refractivity contribution in [2.24, 2.45) is 0 Å². The molecule has 2 aromatic carbocycles. The normalized spacial score (nSPS) is 11.3. The molecule has 0 aliphatic carbocycles. The minimum atomic E-state index is -0.941. The highest BCUT2D eigenvalue weighted by Crippen LogP contribution is 2.24. The van der Waals surface area contributed by atoms with Crippen molar-refractivity contribution in [2.75, 3.05) is 0 Å². The number of carboxylic acid groups (broad SMARTS) is 1. The van der Waals surface area contributed by atoms with Crippen molar-refractivity contribution in [1.82, 2.24) is 0 Å². The Balaban J connectivity index is 1.71. The molecule has 0 aliphatic heterocycles. The number of halogens is 1. The summed E-state index contributed by atoms with van der Waals surface area (Å²) in [6.07, 6.45) is 1.66. The fourth-order valence-electron chi connectivity index (χ4n) is 2.29. The van der Waals surface area contributed by atoms with Crippen LogP contribution in [-0.4, -0.2) is 11.1 Å². The Morgan fingerprint density at radius 2 is 1.92 bits per heavy atom. The van der Waals surface area contributed by atoms with Crippen LogP contribution in [0.2, 0.25) is 5.02 Å². The minimum Gasteiger partial charge on any atom is -0.489 e. The first-order valence-corrected chi connectivity index (χ1v) is 8.84. The first-order chi connectivity index (χ1) is 12.1. The molecule has 0 bridgehead atoms. The number of hydrogen-bond donors (Lipinski definition) is 1. The van der Waals surface area contributed by atoms with Gasteiger partial charge in [0.1, 0.15) is 12.4 Å². The van der Waals surface area contributed by atoms with E-state index in [1.165, 1.54) is 11.3 Å². The lowest BCUT2D eigenvalue weighted by molar-refractivity contribution is -0.130. The highest BCUT2D eigenvalue weighted by molar-refractivity contribution is 7.11. The van der Waals surface area contributed by atoms with E-state index >= 15 is 0 Å². The maximum atomic E-state index is 11.5. The van der Waals surface area contributed by atoms with Crippen LogP contribution in [-0.2, 0) is 11.4 Å². The average molecular weight is 371 g/mol. The van der Waals surface area contributed by atoms with Gasteiger partial charge in [-0.2, -0.15) is 0 Å². The second kappa shape index (κ2) is 8.01. The molecule has 126 valence electrons. The lowest BCUT2D eigenvalue weighted by Gasteiger charge is -2.07. The van der Waals surface area contributed by atoms with Crippen molar-refractivity contribution in [2.45, 2.75) is 6.61 Å². The molecule has 25 heavy (non-hydrogen) atoms. The summed E-state index contributed by atoms with van der Waals surface area (Å²) in [6.45, 7) is 0.422. The largest absolute Gasteiger partial charge is 0.489 e. The van der Waals surface area contributed by atoms with Crippen LogP contribution in [0, 0.1) is 0 Å². The SMILES string of the molecule is O=C(O)/C(=C\c1ccc(OCc2cccc(Cl)c2)cc1)c1cccs1. The van der Waals surface area contributed by atoms with Gasteiger partial charge in [0.25, 0.3) is 0 Å². The average Bonchev–Trinajstić information content (AvgIpc) is 3.13. The van der Waals surface area contributed by atoms with Gasteiger partial charge >= 0.3 is 5.97 Å². The highest BCUT2D eigenvalue weighted by atomic mass is 35.5. The summed E-state index contributed by atoms with van der Waals surface area (Å²) in [5.41, 5.74) is 2.07. The lowest BCUT2D eigenvalue weighted by atomic mass is 10.1. The van der Waals surface area contributed by atoms with Crippen molar-refractivity contribution >= 4 is 40.6 Å². The molecular formula is C20H15ClO3S. The summed E-state index contributed by atoms with van der Waals surface area (Å²) in [6, 6.07) is 18.5. The third-order valence-corrected chi connectivity index (χ3v) is 4.64. The van der Waals surface area contributed by atoms with Gasteiger partial charge in [0.05, 0.1) is 5.57 Å². The zero-order valence-corrected chi connectivity index (χ0v) is 14.8. The van der Waals surface area contributed by atoms with Crippen molar-refractivity contribution in [3.8, 4) is 5.75 Å². The Morgan fingerprint density at radius 3 is 2.56 bits per heavy atom. The van der Waals surface area contributed by atoms with Crippen LogP contribution >= 0.6 is 22.9 Å². The Labute approximate surface area is 154 Å². The number of rotatable bonds is 6. The Hall–Kier alpha value is -2.56. The number of carbonyl (C=O) groups is 1. The van der Waals surface area contributed by atoms with Gasteiger partial charge in [-0.3, -0.25) is 0 Å². The molecule has 1 aromatic heterocycles. The molecule has 0 fully saturated rings. The van der Waals surface area contributed by atoms with Crippen molar-refractivity contribution in [3.63, 3.8) is 0 Å². The summed E-state index contributed by atoms with van der Waals surface area (Å²) < 4.78 is 5.73. The van der Waals surface area contributed by atoms with E-state index in [0.29, 0.717) is 17.4 Å². The summed E-state index contributed by atoms with van der Waals surface area (Å²) in [5, 5.41) is 11.9. The molecule has 1 N–H and O–H groups in total. The van der Waals surface area contributed by atoms with E-state index in [1.54, 1.807) is 12.1 Å². The molecule has 0 aliphatic rings. The third kappa shape index (κ3) is 4.72. The number of thiophene rings is 1. The first-order valence-electron chi connectivity index (χ1n) is 7.58. The fourth-order valence-corrected chi connectivity index (χ4v) is 3.24. The molecule has 3 rings (SSSR count). The molecule has 1 heterocycles. The van der Waals surface area contributed by atoms with Crippen LogP contribution in [0.3, 0.4) is 0 Å². The smallest absolute Gasteiger partial charge is 0.337 e. The molecular weight excluding hydrogens is 356 g/mol. The third-order valence-electron chi connectivity index (χ3n) is 3.50. The highest BCUT2D eigenvalue weighted by Gasteiger charge is 2.11. The van der Waals surface area contributed by atoms with Crippen LogP contribution in [0.4, 0.5) is 0 Å². The maximum absolute atomic E-state index is 11.5. The zero-order valence-electron chi connectivity index (χ0n) is 13.2. The van der Waals surface area contributed by atoms with Crippen molar-refractivity contribution < 1.29 is 14.6 Å². The van der Waals surface area contributed by atoms with Crippen molar-refractivity contribution in [3.05, 3.63) is 87.1 Å². The maximum Gasteiger partial charge on any atom is 0.337 e. The lowest BCUT2D eigenvalue weighted by Crippen LogP contribution is -1.98. The topological polar surface area (TPSA) is 46.5 Å². The summed E-state index contributed by atoms with van der Waals surface area (Å²) >= 11 is 7.36. The molecule has 0 radical (unpaired) electrons. The molecule has 0 atom stereocenters. The Kier molecular flexibility index (Phi) is 5.53. The Morgan fingerprint density at radius 1 is 1.12 bits per heavy atom. The minimum absolute atomic E-state index is 0.280. The van der Waals surface area contributed by atoms with Gasteiger partial charge < -0.3 is 9.84 Å². The standard InChI is InChI=1S/C20H15ClO3S/c21-16-4-1-3-15(11-16)13-24-17-8-6-14(7-9-17)12-18(20(22)23)19-5-2-10-25-19/h1-12H,13H2,(H,22,23)/b18-12-. The van der Waals surface area contributed by atoms with Crippen molar-refractivity contribution in [1.29, 1.82) is 0 Å². The van der Waals surface area contributed by atoms with E-state index in [2.05, 4.69) is 0 Å². The van der Waals surface area contributed by atoms with Gasteiger partial charge in [-0.05, 0) is 52.9 Å². The molecule has 0 saturated heterocycles. The van der Waals surface area contributed by atoms with Gasteiger partial charge in [0, 0.05) is 9.90 Å². The molecule has 5 heteroatoms. The molecule has 0 spiro atoms. The number of carboxylic acids is 1. The van der Waals surface area contributed by atoms with Crippen LogP contribution in [0.5, 0.6) is 5.75 Å². The molecule has 3 aromatic rings. The van der Waals surface area contributed by atoms with E-state index in [9.17, 15) is 9.90 Å². The van der Waals surface area contributed by atoms with E-state index in [1.807, 2.05) is 60.0 Å². The van der Waals surface area contributed by atoms with Crippen LogP contribution in [0.15, 0.2) is 66.0 Å². The van der Waals surface area contributed by atoms with Gasteiger partial charge in [0.2, 0.25) is 0 Å². The van der Waals surface area contributed by atoms with E-state index in [4.69, 9.17) is 16.3 Å². The summed E-state index contributed by atoms with van der Waals surface area (Å²) in [5.74, 6) is -0.228. The van der Waals surface area contributed by atoms with Crippen LogP contribution in [0.25, 0.3) is 11.6 Å². The molecule has 0 amide bonds. The Bertz CT molecular complexity index is 884. The zero-order chi connectivity index (χ0) is 17.6. The van der Waals surface area contributed by atoms with E-state index in [0.717, 1.165) is 16.0 Å². The number of ether oxygens (including phenoxy) is 1. The van der Waals surface area contributed by atoms with Gasteiger partial charge in [-0.15, -0.1) is 11.3 Å². The molecule has 3 nitrogen and oxygen atoms in total. The predicted octanol–water partition coefficient (Wildman–Crippen LogP) is 5.61. The summed E-state index contributed by atoms with van der Waals surface area (Å²) in [4.78, 5) is 12.2. The molecule has 0 saturated carbocycles. The predicted molar refractivity (Wildman–Crippen MR) is 102 cm³/mol. The monoisotopic (exact) mass is 370 g/mol. The molecule has 0 unspecified atom stereocenters. The second-order valence-electron chi connectivity index (χ2n) is 5.33. The van der Waals surface area contributed by atoms with Crippen LogP contribution < -0.4 is 4.74 Å². The quantitative estimate of drug-likeness (QED) is 0.574. The van der Waals surface area contributed by atoms with Gasteiger partial charge in [-0.25, -0.2) is 4.79 Å². The van der Waals surface area contributed by atoms with Crippen LogP contribution in [0.1, 0.15) is 16.0 Å². The van der Waals surface area contributed by atoms with Gasteiger partial charge in [0.15, 0.2) is 0 Å².